The number of hydrogen-bond acceptors (Lipinski definition) is 5. The number of halogens is 1. The molecule has 0 saturated carbocycles. The third-order valence-corrected chi connectivity index (χ3v) is 3.81. The van der Waals surface area contributed by atoms with Gasteiger partial charge in [0.25, 0.3) is 0 Å². The lowest BCUT2D eigenvalue weighted by atomic mass is 10.2. The summed E-state index contributed by atoms with van der Waals surface area (Å²) in [6.07, 6.45) is 1.76. The van der Waals surface area contributed by atoms with E-state index < -0.39 is 0 Å². The Labute approximate surface area is 125 Å². The zero-order valence-corrected chi connectivity index (χ0v) is 11.9. The molecule has 2 aromatic heterocycles. The van der Waals surface area contributed by atoms with E-state index >= 15 is 0 Å². The zero-order chi connectivity index (χ0) is 13.8. The Morgan fingerprint density at radius 1 is 1.05 bits per heavy atom. The smallest absolute Gasteiger partial charge is 0.249 e. The average Bonchev–Trinajstić information content (AvgIpc) is 2.95. The summed E-state index contributed by atoms with van der Waals surface area (Å²) in [5.41, 5.74) is 0.746. The summed E-state index contributed by atoms with van der Waals surface area (Å²) in [6, 6.07) is 13.2. The van der Waals surface area contributed by atoms with Crippen molar-refractivity contribution in [2.24, 2.45) is 0 Å². The first-order valence-corrected chi connectivity index (χ1v) is 7.30. The molecule has 4 nitrogen and oxygen atoms in total. The topological polar surface area (TPSA) is 51.8 Å². The van der Waals surface area contributed by atoms with Gasteiger partial charge in [0.05, 0.1) is 21.4 Å². The third kappa shape index (κ3) is 3.00. The van der Waals surface area contributed by atoms with Crippen molar-refractivity contribution < 1.29 is 4.42 Å². The molecule has 0 atom stereocenters. The molecule has 0 bridgehead atoms. The Morgan fingerprint density at radius 3 is 2.70 bits per heavy atom. The van der Waals surface area contributed by atoms with Gasteiger partial charge in [-0.3, -0.25) is 0 Å². The van der Waals surface area contributed by atoms with Gasteiger partial charge in [-0.25, -0.2) is 4.98 Å². The van der Waals surface area contributed by atoms with Crippen LogP contribution in [0.4, 0.5) is 0 Å². The molecule has 3 rings (SSSR count). The monoisotopic (exact) mass is 303 g/mol. The van der Waals surface area contributed by atoms with E-state index in [2.05, 4.69) is 15.2 Å². The Balaban J connectivity index is 1.73. The minimum absolute atomic E-state index is 0.437. The van der Waals surface area contributed by atoms with Gasteiger partial charge in [-0.15, -0.1) is 10.2 Å². The molecule has 3 aromatic rings. The van der Waals surface area contributed by atoms with Gasteiger partial charge < -0.3 is 4.42 Å². The van der Waals surface area contributed by atoms with Crippen LogP contribution in [0.25, 0.3) is 11.5 Å². The molecule has 6 heteroatoms. The van der Waals surface area contributed by atoms with Gasteiger partial charge in [0, 0.05) is 6.20 Å². The van der Waals surface area contributed by atoms with E-state index in [9.17, 15) is 0 Å². The van der Waals surface area contributed by atoms with Crippen molar-refractivity contribution in [3.8, 4) is 11.5 Å². The standard InChI is InChI=1S/C14H10ClN3OS/c15-11-6-2-1-5-10(11)14-18-17-12(19-14)9-20-13-7-3-4-8-16-13/h1-8H,9H2. The second kappa shape index (κ2) is 6.07. The number of benzene rings is 1. The molecule has 100 valence electrons. The van der Waals surface area contributed by atoms with Crippen LogP contribution in [-0.2, 0) is 5.75 Å². The Hall–Kier alpha value is -1.85. The van der Waals surface area contributed by atoms with Crippen molar-refractivity contribution in [2.75, 3.05) is 0 Å². The fraction of sp³-hybridized carbons (Fsp3) is 0.0714. The number of pyridine rings is 1. The van der Waals surface area contributed by atoms with E-state index in [-0.39, 0.29) is 0 Å². The van der Waals surface area contributed by atoms with Crippen molar-refractivity contribution in [2.45, 2.75) is 10.8 Å². The molecule has 0 spiro atoms. The van der Waals surface area contributed by atoms with Gasteiger partial charge in [0.2, 0.25) is 11.8 Å². The first kappa shape index (κ1) is 13.1. The van der Waals surface area contributed by atoms with E-state index in [1.807, 2.05) is 36.4 Å². The maximum absolute atomic E-state index is 6.10. The first-order valence-electron chi connectivity index (χ1n) is 5.94. The van der Waals surface area contributed by atoms with Crippen LogP contribution in [0.1, 0.15) is 5.89 Å². The van der Waals surface area contributed by atoms with Gasteiger partial charge in [0.1, 0.15) is 0 Å². The SMILES string of the molecule is Clc1ccccc1-c1nnc(CSc2ccccn2)o1. The molecule has 20 heavy (non-hydrogen) atoms. The van der Waals surface area contributed by atoms with Gasteiger partial charge in [-0.05, 0) is 24.3 Å². The lowest BCUT2D eigenvalue weighted by Gasteiger charge is -1.97. The van der Waals surface area contributed by atoms with E-state index in [0.29, 0.717) is 22.6 Å². The second-order valence-electron chi connectivity index (χ2n) is 3.94. The van der Waals surface area contributed by atoms with Crippen molar-refractivity contribution in [3.63, 3.8) is 0 Å². The molecule has 0 fully saturated rings. The number of aromatic nitrogens is 3. The summed E-state index contributed by atoms with van der Waals surface area (Å²) in [5.74, 6) is 1.57. The minimum Gasteiger partial charge on any atom is -0.420 e. The highest BCUT2D eigenvalue weighted by atomic mass is 35.5. The van der Waals surface area contributed by atoms with Crippen LogP contribution >= 0.6 is 23.4 Å². The maximum atomic E-state index is 6.10. The number of nitrogens with zero attached hydrogens (tertiary/aromatic N) is 3. The molecule has 0 aliphatic carbocycles. The fourth-order valence-electron chi connectivity index (χ4n) is 1.62. The van der Waals surface area contributed by atoms with Crippen LogP contribution in [0, 0.1) is 0 Å². The molecular formula is C14H10ClN3OS. The van der Waals surface area contributed by atoms with Crippen molar-refractivity contribution in [1.29, 1.82) is 0 Å². The fourth-order valence-corrected chi connectivity index (χ4v) is 2.54. The van der Waals surface area contributed by atoms with Crippen molar-refractivity contribution >= 4 is 23.4 Å². The molecule has 0 amide bonds. The Bertz CT molecular complexity index is 702. The number of thioether (sulfide) groups is 1. The lowest BCUT2D eigenvalue weighted by molar-refractivity contribution is 0.528. The van der Waals surface area contributed by atoms with Crippen molar-refractivity contribution in [3.05, 3.63) is 59.6 Å². The van der Waals surface area contributed by atoms with Crippen LogP contribution < -0.4 is 0 Å². The van der Waals surface area contributed by atoms with Gasteiger partial charge in [-0.2, -0.15) is 0 Å². The summed E-state index contributed by atoms with van der Waals surface area (Å²) in [7, 11) is 0. The molecular weight excluding hydrogens is 294 g/mol. The summed E-state index contributed by atoms with van der Waals surface area (Å²) in [6.45, 7) is 0. The van der Waals surface area contributed by atoms with E-state index in [1.54, 1.807) is 24.0 Å². The lowest BCUT2D eigenvalue weighted by Crippen LogP contribution is -1.82. The largest absolute Gasteiger partial charge is 0.420 e. The highest BCUT2D eigenvalue weighted by Crippen LogP contribution is 2.27. The van der Waals surface area contributed by atoms with Gasteiger partial charge in [0.15, 0.2) is 0 Å². The molecule has 0 aliphatic rings. The Kier molecular flexibility index (Phi) is 3.99. The quantitative estimate of drug-likeness (QED) is 0.680. The van der Waals surface area contributed by atoms with Crippen molar-refractivity contribution in [1.82, 2.24) is 15.2 Å². The molecule has 0 unspecified atom stereocenters. The second-order valence-corrected chi connectivity index (χ2v) is 5.34. The van der Waals surface area contributed by atoms with Crippen LogP contribution in [0.2, 0.25) is 5.02 Å². The van der Waals surface area contributed by atoms with Gasteiger partial charge >= 0.3 is 0 Å². The predicted molar refractivity (Wildman–Crippen MR) is 78.5 cm³/mol. The first-order chi connectivity index (χ1) is 9.83. The summed E-state index contributed by atoms with van der Waals surface area (Å²) >= 11 is 7.64. The normalized spacial score (nSPS) is 10.7. The summed E-state index contributed by atoms with van der Waals surface area (Å²) < 4.78 is 5.62. The van der Waals surface area contributed by atoms with E-state index in [4.69, 9.17) is 16.0 Å². The predicted octanol–water partition coefficient (Wildman–Crippen LogP) is 4.08. The van der Waals surface area contributed by atoms with E-state index in [1.165, 1.54) is 0 Å². The van der Waals surface area contributed by atoms with Crippen LogP contribution in [0.5, 0.6) is 0 Å². The third-order valence-electron chi connectivity index (χ3n) is 2.55. The van der Waals surface area contributed by atoms with Crippen LogP contribution in [0.3, 0.4) is 0 Å². The van der Waals surface area contributed by atoms with Gasteiger partial charge in [-0.1, -0.05) is 41.6 Å². The minimum atomic E-state index is 0.437. The Morgan fingerprint density at radius 2 is 1.90 bits per heavy atom. The highest BCUT2D eigenvalue weighted by Gasteiger charge is 2.11. The number of rotatable bonds is 4. The highest BCUT2D eigenvalue weighted by molar-refractivity contribution is 7.98. The maximum Gasteiger partial charge on any atom is 0.249 e. The molecule has 0 saturated heterocycles. The van der Waals surface area contributed by atoms with E-state index in [0.717, 1.165) is 10.6 Å². The molecule has 1 aromatic carbocycles. The molecule has 2 heterocycles. The number of hydrogen-bond donors (Lipinski definition) is 0. The average molecular weight is 304 g/mol. The molecule has 0 radical (unpaired) electrons. The van der Waals surface area contributed by atoms with Crippen LogP contribution in [0.15, 0.2) is 58.1 Å². The van der Waals surface area contributed by atoms with Crippen LogP contribution in [-0.4, -0.2) is 15.2 Å². The summed E-state index contributed by atoms with van der Waals surface area (Å²) in [4.78, 5) is 4.22. The molecule has 0 aliphatic heterocycles. The molecule has 0 N–H and O–H groups in total. The zero-order valence-electron chi connectivity index (χ0n) is 10.4. The summed E-state index contributed by atoms with van der Waals surface area (Å²) in [5, 5.41) is 9.57.